The van der Waals surface area contributed by atoms with E-state index in [1.807, 2.05) is 36.4 Å². The Morgan fingerprint density at radius 1 is 1.24 bits per heavy atom. The molecule has 0 saturated heterocycles. The Bertz CT molecular complexity index is 679. The number of Topliss-reactive ketones (excluding diaryl/α,β-unsaturated/α-hetero) is 1. The number of hydrogen-bond donors (Lipinski definition) is 0. The van der Waals surface area contributed by atoms with Gasteiger partial charge < -0.3 is 4.74 Å². The monoisotopic (exact) mass is 344 g/mol. The lowest BCUT2D eigenvalue weighted by Crippen LogP contribution is -2.24. The largest absolute Gasteiger partial charge is 0.497 e. The first-order chi connectivity index (χ1) is 10.2. The van der Waals surface area contributed by atoms with Crippen LogP contribution in [0.15, 0.2) is 46.9 Å². The van der Waals surface area contributed by atoms with Gasteiger partial charge in [-0.2, -0.15) is 0 Å². The molecule has 21 heavy (non-hydrogen) atoms. The summed E-state index contributed by atoms with van der Waals surface area (Å²) in [5.41, 5.74) is 3.18. The minimum Gasteiger partial charge on any atom is -0.497 e. The molecule has 2 aromatic carbocycles. The van der Waals surface area contributed by atoms with E-state index in [1.54, 1.807) is 7.11 Å². The zero-order valence-electron chi connectivity index (χ0n) is 11.9. The molecule has 0 fully saturated rings. The Labute approximate surface area is 133 Å². The smallest absolute Gasteiger partial charge is 0.166 e. The van der Waals surface area contributed by atoms with Crippen molar-refractivity contribution in [3.05, 3.63) is 63.6 Å². The molecule has 1 aliphatic rings. The second-order valence-electron chi connectivity index (χ2n) is 5.42. The molecule has 0 aliphatic heterocycles. The van der Waals surface area contributed by atoms with Crippen molar-refractivity contribution in [2.45, 2.75) is 19.3 Å². The molecule has 0 aromatic heterocycles. The topological polar surface area (TPSA) is 26.3 Å². The van der Waals surface area contributed by atoms with E-state index in [4.69, 9.17) is 4.74 Å². The fourth-order valence-electron chi connectivity index (χ4n) is 2.95. The third-order valence-corrected chi connectivity index (χ3v) is 4.91. The van der Waals surface area contributed by atoms with Crippen LogP contribution < -0.4 is 4.74 Å². The van der Waals surface area contributed by atoms with E-state index in [1.165, 1.54) is 5.56 Å². The normalized spacial score (nSPS) is 17.4. The van der Waals surface area contributed by atoms with Crippen LogP contribution in [0.3, 0.4) is 0 Å². The Morgan fingerprint density at radius 2 is 2.05 bits per heavy atom. The zero-order chi connectivity index (χ0) is 14.8. The molecule has 1 unspecified atom stereocenters. The van der Waals surface area contributed by atoms with Crippen molar-refractivity contribution in [3.63, 3.8) is 0 Å². The summed E-state index contributed by atoms with van der Waals surface area (Å²) in [6.45, 7) is 0. The van der Waals surface area contributed by atoms with Crippen molar-refractivity contribution >= 4 is 21.7 Å². The lowest BCUT2D eigenvalue weighted by molar-refractivity contribution is 0.0901. The zero-order valence-corrected chi connectivity index (χ0v) is 13.5. The van der Waals surface area contributed by atoms with Gasteiger partial charge in [-0.05, 0) is 54.7 Å². The number of halogens is 1. The highest BCUT2D eigenvalue weighted by molar-refractivity contribution is 9.10. The van der Waals surface area contributed by atoms with Gasteiger partial charge in [-0.25, -0.2) is 0 Å². The van der Waals surface area contributed by atoms with Gasteiger partial charge >= 0.3 is 0 Å². The Kier molecular flexibility index (Phi) is 4.11. The Hall–Kier alpha value is -1.61. The molecule has 1 aliphatic carbocycles. The first kappa shape index (κ1) is 14.3. The highest BCUT2D eigenvalue weighted by Gasteiger charge is 2.28. The minimum atomic E-state index is 0.0737. The minimum absolute atomic E-state index is 0.0737. The molecule has 2 nitrogen and oxygen atoms in total. The first-order valence-electron chi connectivity index (χ1n) is 7.13. The van der Waals surface area contributed by atoms with Crippen LogP contribution >= 0.6 is 15.9 Å². The Morgan fingerprint density at radius 3 is 2.81 bits per heavy atom. The first-order valence-corrected chi connectivity index (χ1v) is 7.93. The van der Waals surface area contributed by atoms with Gasteiger partial charge in [0.05, 0.1) is 7.11 Å². The third kappa shape index (κ3) is 2.88. The number of ketones is 1. The molecule has 3 heteroatoms. The number of carbonyl (C=O) groups is 1. The van der Waals surface area contributed by atoms with Crippen molar-refractivity contribution in [3.8, 4) is 5.75 Å². The van der Waals surface area contributed by atoms with Crippen LogP contribution in [0.5, 0.6) is 5.75 Å². The summed E-state index contributed by atoms with van der Waals surface area (Å²) >= 11 is 3.57. The van der Waals surface area contributed by atoms with Crippen molar-refractivity contribution in [1.29, 1.82) is 0 Å². The van der Waals surface area contributed by atoms with Crippen LogP contribution in [0.4, 0.5) is 0 Å². The molecule has 108 valence electrons. The van der Waals surface area contributed by atoms with Crippen LogP contribution in [0.2, 0.25) is 0 Å². The molecule has 0 bridgehead atoms. The summed E-state index contributed by atoms with van der Waals surface area (Å²) in [6.07, 6.45) is 2.64. The fraction of sp³-hybridized carbons (Fsp3) is 0.278. The predicted molar refractivity (Wildman–Crippen MR) is 87.0 cm³/mol. The number of ether oxygens (including phenoxy) is 1. The number of hydrogen-bond acceptors (Lipinski definition) is 2. The predicted octanol–water partition coefficient (Wildman–Crippen LogP) is 4.45. The molecule has 1 atom stereocenters. The third-order valence-electron chi connectivity index (χ3n) is 4.13. The summed E-state index contributed by atoms with van der Waals surface area (Å²) in [5, 5.41) is 0. The molecule has 2 aromatic rings. The Balaban J connectivity index is 1.84. The van der Waals surface area contributed by atoms with Gasteiger partial charge in [0.25, 0.3) is 0 Å². The van der Waals surface area contributed by atoms with Crippen LogP contribution in [0.25, 0.3) is 0 Å². The molecule has 0 radical (unpaired) electrons. The number of aryl methyl sites for hydroxylation is 1. The van der Waals surface area contributed by atoms with Gasteiger partial charge in [-0.3, -0.25) is 4.79 Å². The summed E-state index contributed by atoms with van der Waals surface area (Å²) in [5.74, 6) is 1.16. The molecular formula is C18H17BrO2. The molecule has 0 heterocycles. The summed E-state index contributed by atoms with van der Waals surface area (Å²) in [7, 11) is 1.65. The van der Waals surface area contributed by atoms with Crippen LogP contribution in [-0.4, -0.2) is 12.9 Å². The molecule has 0 N–H and O–H groups in total. The number of fused-ring (bicyclic) bond motifs is 1. The van der Waals surface area contributed by atoms with Crippen LogP contribution in [0.1, 0.15) is 27.9 Å². The summed E-state index contributed by atoms with van der Waals surface area (Å²) in [6, 6.07) is 13.9. The molecule has 0 amide bonds. The van der Waals surface area contributed by atoms with Gasteiger partial charge in [0, 0.05) is 16.0 Å². The molecular weight excluding hydrogens is 328 g/mol. The van der Waals surface area contributed by atoms with Gasteiger partial charge in [-0.1, -0.05) is 34.1 Å². The van der Waals surface area contributed by atoms with Crippen molar-refractivity contribution < 1.29 is 9.53 Å². The van der Waals surface area contributed by atoms with E-state index < -0.39 is 0 Å². The van der Waals surface area contributed by atoms with Crippen molar-refractivity contribution in [1.82, 2.24) is 0 Å². The van der Waals surface area contributed by atoms with Crippen LogP contribution in [0, 0.1) is 5.92 Å². The van der Waals surface area contributed by atoms with Gasteiger partial charge in [-0.15, -0.1) is 0 Å². The highest BCUT2D eigenvalue weighted by Crippen LogP contribution is 2.31. The lowest BCUT2D eigenvalue weighted by atomic mass is 9.79. The number of methoxy groups -OCH3 is 1. The van der Waals surface area contributed by atoms with E-state index in [0.717, 1.165) is 40.6 Å². The van der Waals surface area contributed by atoms with E-state index in [9.17, 15) is 4.79 Å². The molecule has 0 spiro atoms. The second kappa shape index (κ2) is 6.02. The maximum absolute atomic E-state index is 12.7. The van der Waals surface area contributed by atoms with Gasteiger partial charge in [0.2, 0.25) is 0 Å². The summed E-state index contributed by atoms with van der Waals surface area (Å²) < 4.78 is 6.32. The van der Waals surface area contributed by atoms with Gasteiger partial charge in [0.1, 0.15) is 5.75 Å². The lowest BCUT2D eigenvalue weighted by Gasteiger charge is -2.24. The second-order valence-corrected chi connectivity index (χ2v) is 6.27. The SMILES string of the molecule is COc1ccc2c(c1)CCC(Cc1ccccc1Br)C2=O. The quantitative estimate of drug-likeness (QED) is 0.822. The van der Waals surface area contributed by atoms with E-state index >= 15 is 0 Å². The molecule has 0 saturated carbocycles. The fourth-order valence-corrected chi connectivity index (χ4v) is 3.40. The van der Waals surface area contributed by atoms with Gasteiger partial charge in [0.15, 0.2) is 5.78 Å². The summed E-state index contributed by atoms with van der Waals surface area (Å²) in [4.78, 5) is 12.7. The average molecular weight is 345 g/mol. The standard InChI is InChI=1S/C18H17BrO2/c1-21-15-8-9-16-12(11-15)6-7-14(18(16)20)10-13-4-2-3-5-17(13)19/h2-5,8-9,11,14H,6-7,10H2,1H3. The van der Waals surface area contributed by atoms with Crippen molar-refractivity contribution in [2.75, 3.05) is 7.11 Å². The van der Waals surface area contributed by atoms with Crippen molar-refractivity contribution in [2.24, 2.45) is 5.92 Å². The number of rotatable bonds is 3. The van der Waals surface area contributed by atoms with Crippen LogP contribution in [-0.2, 0) is 12.8 Å². The van der Waals surface area contributed by atoms with E-state index in [2.05, 4.69) is 22.0 Å². The highest BCUT2D eigenvalue weighted by atomic mass is 79.9. The average Bonchev–Trinajstić information content (AvgIpc) is 2.51. The van der Waals surface area contributed by atoms with E-state index in [0.29, 0.717) is 0 Å². The maximum atomic E-state index is 12.7. The number of benzene rings is 2. The molecule has 3 rings (SSSR count). The number of carbonyl (C=O) groups excluding carboxylic acids is 1. The maximum Gasteiger partial charge on any atom is 0.166 e. The van der Waals surface area contributed by atoms with E-state index in [-0.39, 0.29) is 11.7 Å².